The van der Waals surface area contributed by atoms with Crippen LogP contribution in [0.4, 0.5) is 0 Å². The Morgan fingerprint density at radius 3 is 1.77 bits per heavy atom. The molecular weight excluding hydrogens is 615 g/mol. The fourth-order valence-corrected chi connectivity index (χ4v) is 5.91. The van der Waals surface area contributed by atoms with Gasteiger partial charge < -0.3 is 26.2 Å². The molecule has 0 aliphatic rings. The number of phosphoric acid groups is 1. The molecule has 10 heteroatoms. The van der Waals surface area contributed by atoms with Crippen molar-refractivity contribution in [3.63, 3.8) is 0 Å². The van der Waals surface area contributed by atoms with Crippen molar-refractivity contribution in [3.05, 3.63) is 36.5 Å². The third kappa shape index (κ3) is 31.7. The summed E-state index contributed by atoms with van der Waals surface area (Å²) in [6.07, 6.45) is 33.7. The van der Waals surface area contributed by atoms with Crippen LogP contribution >= 0.6 is 7.82 Å². The highest BCUT2D eigenvalue weighted by atomic mass is 31.2. The van der Waals surface area contributed by atoms with Crippen LogP contribution in [0, 0.1) is 0 Å². The Labute approximate surface area is 287 Å². The number of carbonyl (C=O) groups is 1. The number of carbonyl (C=O) groups excluding carboxylic acids is 1. The van der Waals surface area contributed by atoms with Gasteiger partial charge in [0, 0.05) is 6.54 Å². The SMILES string of the molecule is CCCCC/C=C/CC/C=C/CC/C=C/C(O)C(COP(=O)(O)OCCN)NC(=O)CC(O)CCCCCCCCCCCCCC. The summed E-state index contributed by atoms with van der Waals surface area (Å²) in [5, 5.41) is 23.9. The van der Waals surface area contributed by atoms with E-state index < -0.39 is 38.6 Å². The maximum Gasteiger partial charge on any atom is 0.472 e. The number of nitrogens with two attached hydrogens (primary N) is 1. The van der Waals surface area contributed by atoms with Crippen LogP contribution in [0.5, 0.6) is 0 Å². The monoisotopic (exact) mass is 686 g/mol. The Morgan fingerprint density at radius 1 is 0.723 bits per heavy atom. The number of hydrogen-bond donors (Lipinski definition) is 5. The maximum atomic E-state index is 12.7. The van der Waals surface area contributed by atoms with Crippen molar-refractivity contribution in [1.29, 1.82) is 0 Å². The van der Waals surface area contributed by atoms with Crippen LogP contribution in [-0.4, -0.2) is 59.0 Å². The lowest BCUT2D eigenvalue weighted by Crippen LogP contribution is -2.46. The average Bonchev–Trinajstić information content (AvgIpc) is 3.04. The largest absolute Gasteiger partial charge is 0.472 e. The molecule has 0 spiro atoms. The van der Waals surface area contributed by atoms with Crippen LogP contribution in [0.3, 0.4) is 0 Å². The highest BCUT2D eigenvalue weighted by Crippen LogP contribution is 2.43. The lowest BCUT2D eigenvalue weighted by atomic mass is 10.0. The van der Waals surface area contributed by atoms with Gasteiger partial charge in [0.15, 0.2) is 0 Å². The van der Waals surface area contributed by atoms with E-state index in [-0.39, 0.29) is 19.6 Å². The van der Waals surface area contributed by atoms with Crippen LogP contribution in [0.15, 0.2) is 36.5 Å². The summed E-state index contributed by atoms with van der Waals surface area (Å²) in [7, 11) is -4.40. The zero-order chi connectivity index (χ0) is 34.9. The van der Waals surface area contributed by atoms with Gasteiger partial charge in [-0.3, -0.25) is 13.8 Å². The summed E-state index contributed by atoms with van der Waals surface area (Å²) in [6.45, 7) is 3.88. The summed E-state index contributed by atoms with van der Waals surface area (Å²) in [5.74, 6) is -0.463. The lowest BCUT2D eigenvalue weighted by molar-refractivity contribution is -0.124. The van der Waals surface area contributed by atoms with Gasteiger partial charge in [0.25, 0.3) is 0 Å². The average molecular weight is 687 g/mol. The Balaban J connectivity index is 4.53. The molecule has 276 valence electrons. The molecule has 6 N–H and O–H groups in total. The number of aliphatic hydroxyl groups excluding tert-OH is 2. The Hall–Kier alpha value is -1.32. The van der Waals surface area contributed by atoms with Gasteiger partial charge in [0.1, 0.15) is 0 Å². The Kier molecular flexibility index (Phi) is 32.3. The molecule has 1 amide bonds. The van der Waals surface area contributed by atoms with Crippen LogP contribution in [0.2, 0.25) is 0 Å². The summed E-state index contributed by atoms with van der Waals surface area (Å²) in [5.41, 5.74) is 5.33. The number of nitrogens with one attached hydrogen (secondary N) is 1. The van der Waals surface area contributed by atoms with Crippen LogP contribution in [-0.2, 0) is 18.4 Å². The van der Waals surface area contributed by atoms with Crippen LogP contribution in [0.25, 0.3) is 0 Å². The van der Waals surface area contributed by atoms with Crippen LogP contribution in [0.1, 0.15) is 155 Å². The molecule has 9 nitrogen and oxygen atoms in total. The van der Waals surface area contributed by atoms with E-state index in [1.165, 1.54) is 77.0 Å². The van der Waals surface area contributed by atoms with Crippen molar-refractivity contribution in [1.82, 2.24) is 5.32 Å². The minimum Gasteiger partial charge on any atom is -0.393 e. The van der Waals surface area contributed by atoms with Gasteiger partial charge in [-0.1, -0.05) is 140 Å². The van der Waals surface area contributed by atoms with Gasteiger partial charge in [-0.05, 0) is 44.9 Å². The molecule has 0 aliphatic heterocycles. The second-order valence-electron chi connectivity index (χ2n) is 12.6. The summed E-state index contributed by atoms with van der Waals surface area (Å²) >= 11 is 0. The molecule has 4 atom stereocenters. The van der Waals surface area contributed by atoms with Crippen molar-refractivity contribution >= 4 is 13.7 Å². The zero-order valence-electron chi connectivity index (χ0n) is 29.9. The quantitative estimate of drug-likeness (QED) is 0.0257. The lowest BCUT2D eigenvalue weighted by Gasteiger charge is -2.24. The first kappa shape index (κ1) is 45.7. The highest BCUT2D eigenvalue weighted by Gasteiger charge is 2.27. The molecule has 0 aromatic carbocycles. The maximum absolute atomic E-state index is 12.7. The Bertz CT molecular complexity index is 853. The fourth-order valence-electron chi connectivity index (χ4n) is 5.15. The summed E-state index contributed by atoms with van der Waals surface area (Å²) in [6, 6.07) is -1.00. The normalized spacial score (nSPS) is 15.4. The highest BCUT2D eigenvalue weighted by molar-refractivity contribution is 7.47. The first-order valence-corrected chi connectivity index (χ1v) is 20.2. The number of amides is 1. The topological polar surface area (TPSA) is 151 Å². The molecule has 0 saturated heterocycles. The molecule has 0 aromatic rings. The van der Waals surface area contributed by atoms with E-state index in [1.807, 2.05) is 6.08 Å². The molecule has 0 aliphatic carbocycles. The number of allylic oxidation sites excluding steroid dienone is 5. The third-order valence-corrected chi connectivity index (χ3v) is 8.99. The molecule has 0 rings (SSSR count). The molecule has 0 saturated carbocycles. The van der Waals surface area contributed by atoms with E-state index in [0.29, 0.717) is 12.8 Å². The first-order chi connectivity index (χ1) is 22.8. The van der Waals surface area contributed by atoms with Gasteiger partial charge >= 0.3 is 7.82 Å². The number of hydrogen-bond acceptors (Lipinski definition) is 7. The van der Waals surface area contributed by atoms with Gasteiger partial charge in [0.05, 0.1) is 37.9 Å². The van der Waals surface area contributed by atoms with Crippen molar-refractivity contribution in [2.75, 3.05) is 19.8 Å². The molecule has 0 radical (unpaired) electrons. The van der Waals surface area contributed by atoms with Gasteiger partial charge in [-0.2, -0.15) is 0 Å². The second kappa shape index (κ2) is 33.2. The van der Waals surface area contributed by atoms with Crippen molar-refractivity contribution < 1.29 is 33.5 Å². The van der Waals surface area contributed by atoms with Crippen LogP contribution < -0.4 is 11.1 Å². The predicted octanol–water partition coefficient (Wildman–Crippen LogP) is 8.58. The summed E-state index contributed by atoms with van der Waals surface area (Å²) in [4.78, 5) is 22.6. The van der Waals surface area contributed by atoms with E-state index in [1.54, 1.807) is 6.08 Å². The predicted molar refractivity (Wildman–Crippen MR) is 195 cm³/mol. The van der Waals surface area contributed by atoms with E-state index in [4.69, 9.17) is 14.8 Å². The van der Waals surface area contributed by atoms with Crippen molar-refractivity contribution in [3.8, 4) is 0 Å². The number of rotatable bonds is 34. The molecule has 47 heavy (non-hydrogen) atoms. The molecule has 0 heterocycles. The van der Waals surface area contributed by atoms with Crippen molar-refractivity contribution in [2.45, 2.75) is 173 Å². The smallest absolute Gasteiger partial charge is 0.393 e. The van der Waals surface area contributed by atoms with Gasteiger partial charge in [-0.25, -0.2) is 4.57 Å². The molecule has 4 unspecified atom stereocenters. The molecular formula is C37H71N2O7P. The van der Waals surface area contributed by atoms with E-state index in [2.05, 4.69) is 43.5 Å². The fraction of sp³-hybridized carbons (Fsp3) is 0.811. The standard InChI is InChI=1S/C37H71N2O7P/c1-3-5-7-9-11-13-15-17-19-21-23-25-27-29-36(41)35(33-46-47(43,44)45-31-30-38)39-37(42)32-34(40)28-26-24-22-20-18-16-14-12-10-8-6-4-2/h11,13,19,21,27,29,34-36,40-41H,3-10,12,14-18,20,22-26,28,30-33,38H2,1-2H3,(H,39,42)(H,43,44)/b13-11+,21-19+,29-27+. The minimum atomic E-state index is -4.40. The number of phosphoric ester groups is 1. The van der Waals surface area contributed by atoms with Gasteiger partial charge in [0.2, 0.25) is 5.91 Å². The van der Waals surface area contributed by atoms with E-state index >= 15 is 0 Å². The molecule has 0 bridgehead atoms. The molecule has 0 aromatic heterocycles. The first-order valence-electron chi connectivity index (χ1n) is 18.7. The summed E-state index contributed by atoms with van der Waals surface area (Å²) < 4.78 is 21.9. The van der Waals surface area contributed by atoms with E-state index in [0.717, 1.165) is 44.9 Å². The number of aliphatic hydroxyl groups is 2. The second-order valence-corrected chi connectivity index (χ2v) is 14.1. The third-order valence-electron chi connectivity index (χ3n) is 8.00. The minimum absolute atomic E-state index is 0.0424. The van der Waals surface area contributed by atoms with Crippen molar-refractivity contribution in [2.24, 2.45) is 5.73 Å². The number of unbranched alkanes of at least 4 members (excludes halogenated alkanes) is 16. The van der Waals surface area contributed by atoms with E-state index in [9.17, 15) is 24.5 Å². The zero-order valence-corrected chi connectivity index (χ0v) is 30.8. The van der Waals surface area contributed by atoms with Gasteiger partial charge in [-0.15, -0.1) is 0 Å². The molecule has 0 fully saturated rings. The Morgan fingerprint density at radius 2 is 1.21 bits per heavy atom.